The molecule has 0 saturated carbocycles. The van der Waals surface area contributed by atoms with Crippen molar-refractivity contribution in [2.75, 3.05) is 6.61 Å². The molecule has 1 aliphatic heterocycles. The van der Waals surface area contributed by atoms with E-state index in [0.717, 1.165) is 31.4 Å². The van der Waals surface area contributed by atoms with Gasteiger partial charge in [-0.05, 0) is 48.1 Å². The minimum Gasteiger partial charge on any atom is -0.388 e. The number of benzene rings is 1. The molecule has 0 bridgehead atoms. The van der Waals surface area contributed by atoms with Crippen molar-refractivity contribution in [3.8, 4) is 0 Å². The molecule has 1 aromatic carbocycles. The lowest BCUT2D eigenvalue weighted by atomic mass is 10.0. The van der Waals surface area contributed by atoms with E-state index in [9.17, 15) is 5.11 Å². The van der Waals surface area contributed by atoms with Gasteiger partial charge in [0.25, 0.3) is 0 Å². The molecule has 1 aliphatic rings. The highest BCUT2D eigenvalue weighted by Gasteiger charge is 2.19. The van der Waals surface area contributed by atoms with Gasteiger partial charge in [-0.25, -0.2) is 0 Å². The van der Waals surface area contributed by atoms with E-state index in [0.29, 0.717) is 6.10 Å². The van der Waals surface area contributed by atoms with Crippen molar-refractivity contribution < 1.29 is 9.84 Å². The van der Waals surface area contributed by atoms with E-state index in [-0.39, 0.29) is 6.10 Å². The second-order valence-corrected chi connectivity index (χ2v) is 5.83. The van der Waals surface area contributed by atoms with Gasteiger partial charge in [0.05, 0.1) is 12.2 Å². The van der Waals surface area contributed by atoms with Gasteiger partial charge in [0, 0.05) is 11.3 Å². The molecule has 2 heterocycles. The standard InChI is InChI=1S/C15H18O2S/c16-14(8-7-11-4-3-9-17-11)13-10-18-15-6-2-1-5-12(13)15/h1-2,5-6,10-11,14,16H,3-4,7-9H2. The Hall–Kier alpha value is -0.900. The summed E-state index contributed by atoms with van der Waals surface area (Å²) in [6.07, 6.45) is 4.09. The van der Waals surface area contributed by atoms with Gasteiger partial charge in [-0.3, -0.25) is 0 Å². The lowest BCUT2D eigenvalue weighted by molar-refractivity contribution is 0.0816. The van der Waals surface area contributed by atoms with Crippen LogP contribution in [0.1, 0.15) is 37.4 Å². The van der Waals surface area contributed by atoms with Crippen molar-refractivity contribution in [1.82, 2.24) is 0 Å². The Balaban J connectivity index is 1.69. The number of rotatable bonds is 4. The van der Waals surface area contributed by atoms with Gasteiger partial charge in [0.15, 0.2) is 0 Å². The minimum atomic E-state index is -0.356. The first-order chi connectivity index (χ1) is 8.84. The fourth-order valence-electron chi connectivity index (χ4n) is 2.63. The predicted octanol–water partition coefficient (Wildman–Crippen LogP) is 3.89. The van der Waals surface area contributed by atoms with Crippen LogP contribution >= 0.6 is 11.3 Å². The van der Waals surface area contributed by atoms with E-state index in [1.165, 1.54) is 16.5 Å². The molecular formula is C15H18O2S. The molecule has 1 aromatic heterocycles. The number of aliphatic hydroxyl groups excluding tert-OH is 1. The zero-order valence-corrected chi connectivity index (χ0v) is 11.2. The van der Waals surface area contributed by atoms with E-state index >= 15 is 0 Å². The molecule has 2 atom stereocenters. The molecule has 96 valence electrons. The highest BCUT2D eigenvalue weighted by molar-refractivity contribution is 7.17. The molecule has 1 saturated heterocycles. The summed E-state index contributed by atoms with van der Waals surface area (Å²) in [7, 11) is 0. The molecule has 0 radical (unpaired) electrons. The Kier molecular flexibility index (Phi) is 3.64. The fourth-order valence-corrected chi connectivity index (χ4v) is 3.64. The van der Waals surface area contributed by atoms with E-state index in [1.807, 2.05) is 12.1 Å². The Morgan fingerprint density at radius 1 is 1.39 bits per heavy atom. The summed E-state index contributed by atoms with van der Waals surface area (Å²) in [5.74, 6) is 0. The third-order valence-electron chi connectivity index (χ3n) is 3.66. The maximum atomic E-state index is 10.3. The second kappa shape index (κ2) is 5.39. The third kappa shape index (κ3) is 2.44. The van der Waals surface area contributed by atoms with Gasteiger partial charge in [-0.15, -0.1) is 11.3 Å². The first-order valence-corrected chi connectivity index (χ1v) is 7.48. The molecule has 3 rings (SSSR count). The van der Waals surface area contributed by atoms with Crippen molar-refractivity contribution in [2.45, 2.75) is 37.9 Å². The normalized spacial score (nSPS) is 21.5. The van der Waals surface area contributed by atoms with Crippen LogP contribution in [0.2, 0.25) is 0 Å². The molecule has 1 fully saturated rings. The monoisotopic (exact) mass is 262 g/mol. The maximum absolute atomic E-state index is 10.3. The Morgan fingerprint density at radius 3 is 3.11 bits per heavy atom. The predicted molar refractivity (Wildman–Crippen MR) is 75.0 cm³/mol. The molecule has 3 heteroatoms. The van der Waals surface area contributed by atoms with Crippen LogP contribution in [0.15, 0.2) is 29.6 Å². The topological polar surface area (TPSA) is 29.5 Å². The van der Waals surface area contributed by atoms with Crippen molar-refractivity contribution in [3.63, 3.8) is 0 Å². The molecule has 0 amide bonds. The highest BCUT2D eigenvalue weighted by Crippen LogP contribution is 2.33. The summed E-state index contributed by atoms with van der Waals surface area (Å²) in [4.78, 5) is 0. The van der Waals surface area contributed by atoms with Gasteiger partial charge < -0.3 is 9.84 Å². The van der Waals surface area contributed by atoms with Crippen LogP contribution in [0.4, 0.5) is 0 Å². The molecule has 1 N–H and O–H groups in total. The van der Waals surface area contributed by atoms with E-state index in [1.54, 1.807) is 11.3 Å². The van der Waals surface area contributed by atoms with Crippen molar-refractivity contribution in [2.24, 2.45) is 0 Å². The van der Waals surface area contributed by atoms with Gasteiger partial charge >= 0.3 is 0 Å². The molecular weight excluding hydrogens is 244 g/mol. The van der Waals surface area contributed by atoms with Gasteiger partial charge in [-0.2, -0.15) is 0 Å². The minimum absolute atomic E-state index is 0.356. The molecule has 2 nitrogen and oxygen atoms in total. The quantitative estimate of drug-likeness (QED) is 0.905. The van der Waals surface area contributed by atoms with Crippen LogP contribution in [-0.2, 0) is 4.74 Å². The van der Waals surface area contributed by atoms with Gasteiger partial charge in [0.1, 0.15) is 0 Å². The van der Waals surface area contributed by atoms with Crippen molar-refractivity contribution >= 4 is 21.4 Å². The summed E-state index contributed by atoms with van der Waals surface area (Å²) < 4.78 is 6.85. The smallest absolute Gasteiger partial charge is 0.0805 e. The summed E-state index contributed by atoms with van der Waals surface area (Å²) in [6.45, 7) is 0.891. The number of hydrogen-bond acceptors (Lipinski definition) is 3. The molecule has 2 unspecified atom stereocenters. The summed E-state index contributed by atoms with van der Waals surface area (Å²) in [5, 5.41) is 13.6. The van der Waals surface area contributed by atoms with Gasteiger partial charge in [0.2, 0.25) is 0 Å². The third-order valence-corrected chi connectivity index (χ3v) is 4.64. The van der Waals surface area contributed by atoms with E-state index in [2.05, 4.69) is 17.5 Å². The summed E-state index contributed by atoms with van der Waals surface area (Å²) in [6, 6.07) is 8.28. The van der Waals surface area contributed by atoms with Crippen LogP contribution in [0.5, 0.6) is 0 Å². The molecule has 2 aromatic rings. The lowest BCUT2D eigenvalue weighted by Gasteiger charge is -2.13. The Bertz CT molecular complexity index is 514. The van der Waals surface area contributed by atoms with Gasteiger partial charge in [-0.1, -0.05) is 18.2 Å². The number of ether oxygens (including phenoxy) is 1. The van der Waals surface area contributed by atoms with Crippen LogP contribution in [0.25, 0.3) is 10.1 Å². The largest absolute Gasteiger partial charge is 0.388 e. The zero-order valence-electron chi connectivity index (χ0n) is 10.3. The summed E-state index contributed by atoms with van der Waals surface area (Å²) >= 11 is 1.71. The average Bonchev–Trinajstić information content (AvgIpc) is 3.05. The Labute approximate surface area is 111 Å². The molecule has 0 spiro atoms. The fraction of sp³-hybridized carbons (Fsp3) is 0.467. The first-order valence-electron chi connectivity index (χ1n) is 6.60. The first kappa shape index (κ1) is 12.2. The van der Waals surface area contributed by atoms with Crippen molar-refractivity contribution in [1.29, 1.82) is 0 Å². The number of fused-ring (bicyclic) bond motifs is 1. The molecule has 0 aliphatic carbocycles. The average molecular weight is 262 g/mol. The summed E-state index contributed by atoms with van der Waals surface area (Å²) in [5.41, 5.74) is 1.08. The van der Waals surface area contributed by atoms with E-state index in [4.69, 9.17) is 4.74 Å². The molecule has 18 heavy (non-hydrogen) atoms. The zero-order chi connectivity index (χ0) is 12.4. The van der Waals surface area contributed by atoms with Crippen LogP contribution < -0.4 is 0 Å². The van der Waals surface area contributed by atoms with Crippen molar-refractivity contribution in [3.05, 3.63) is 35.2 Å². The highest BCUT2D eigenvalue weighted by atomic mass is 32.1. The van der Waals surface area contributed by atoms with Crippen LogP contribution in [0.3, 0.4) is 0 Å². The van der Waals surface area contributed by atoms with E-state index < -0.39 is 0 Å². The SMILES string of the molecule is OC(CCC1CCCO1)c1csc2ccccc12. The maximum Gasteiger partial charge on any atom is 0.0805 e. The Morgan fingerprint density at radius 2 is 2.28 bits per heavy atom. The second-order valence-electron chi connectivity index (χ2n) is 4.92. The number of hydrogen-bond donors (Lipinski definition) is 1. The van der Waals surface area contributed by atoms with Crippen LogP contribution in [-0.4, -0.2) is 17.8 Å². The number of thiophene rings is 1. The van der Waals surface area contributed by atoms with Crippen LogP contribution in [0, 0.1) is 0 Å². The number of aliphatic hydroxyl groups is 1. The lowest BCUT2D eigenvalue weighted by Crippen LogP contribution is -2.07.